The maximum absolute atomic E-state index is 12.6. The Bertz CT molecular complexity index is 866. The van der Waals surface area contributed by atoms with E-state index in [1.165, 1.54) is 6.92 Å². The summed E-state index contributed by atoms with van der Waals surface area (Å²) in [6.45, 7) is 6.53. The highest BCUT2D eigenvalue weighted by Crippen LogP contribution is 2.15. The Hall–Kier alpha value is -2.93. The van der Waals surface area contributed by atoms with Gasteiger partial charge in [0.05, 0.1) is 26.2 Å². The van der Waals surface area contributed by atoms with Gasteiger partial charge < -0.3 is 20.1 Å². The third-order valence-electron chi connectivity index (χ3n) is 5.16. The highest BCUT2D eigenvalue weighted by molar-refractivity contribution is 5.99. The lowest BCUT2D eigenvalue weighted by Gasteiger charge is -2.31. The number of nitrogens with one attached hydrogen (secondary N) is 3. The zero-order chi connectivity index (χ0) is 20.1. The van der Waals surface area contributed by atoms with Crippen molar-refractivity contribution in [1.29, 1.82) is 0 Å². The van der Waals surface area contributed by atoms with Crippen molar-refractivity contribution in [2.75, 3.05) is 38.0 Å². The second kappa shape index (κ2) is 8.84. The first-order valence-corrected chi connectivity index (χ1v) is 9.68. The predicted octanol–water partition coefficient (Wildman–Crippen LogP) is 0.759. The minimum Gasteiger partial charge on any atom is -0.356 e. The molecule has 2 amide bonds. The Kier molecular flexibility index (Phi) is 6.26. The van der Waals surface area contributed by atoms with Crippen molar-refractivity contribution < 1.29 is 19.3 Å². The number of aromatic amines is 1. The van der Waals surface area contributed by atoms with Gasteiger partial charge in [0.15, 0.2) is 12.3 Å². The van der Waals surface area contributed by atoms with Crippen molar-refractivity contribution in [1.82, 2.24) is 9.88 Å². The van der Waals surface area contributed by atoms with E-state index in [1.54, 1.807) is 17.2 Å². The second-order valence-corrected chi connectivity index (χ2v) is 7.14. The maximum atomic E-state index is 12.6. The molecule has 0 unspecified atom stereocenters. The summed E-state index contributed by atoms with van der Waals surface area (Å²) in [6.07, 6.45) is 2.43. The molecule has 0 aliphatic carbocycles. The number of carbonyl (C=O) groups excluding carboxylic acids is 3. The summed E-state index contributed by atoms with van der Waals surface area (Å²) >= 11 is 0. The molecule has 0 spiro atoms. The lowest BCUT2D eigenvalue weighted by Crippen LogP contribution is -3.15. The molecule has 1 aromatic heterocycles. The van der Waals surface area contributed by atoms with E-state index in [9.17, 15) is 14.4 Å². The van der Waals surface area contributed by atoms with Gasteiger partial charge in [-0.2, -0.15) is 0 Å². The van der Waals surface area contributed by atoms with Crippen LogP contribution in [0.3, 0.4) is 0 Å². The van der Waals surface area contributed by atoms with Gasteiger partial charge in [0.1, 0.15) is 5.69 Å². The normalized spacial score (nSPS) is 14.7. The molecule has 1 saturated heterocycles. The molecule has 1 aliphatic rings. The van der Waals surface area contributed by atoms with Gasteiger partial charge in [0.25, 0.3) is 11.8 Å². The molecule has 0 atom stereocenters. The first-order chi connectivity index (χ1) is 13.5. The molecule has 0 saturated carbocycles. The summed E-state index contributed by atoms with van der Waals surface area (Å²) in [5.74, 6) is -0.181. The molecular weight excluding hydrogens is 356 g/mol. The number of amides is 2. The third kappa shape index (κ3) is 4.67. The van der Waals surface area contributed by atoms with Crippen molar-refractivity contribution in [3.63, 3.8) is 0 Å². The molecule has 7 heteroatoms. The fraction of sp³-hybridized carbons (Fsp3) is 0.381. The van der Waals surface area contributed by atoms with Crippen molar-refractivity contribution >= 4 is 23.3 Å². The van der Waals surface area contributed by atoms with Crippen LogP contribution in [-0.2, 0) is 11.2 Å². The number of nitrogens with zero attached hydrogens (tertiary/aromatic N) is 1. The SMILES string of the molecule is CCc1ccccc1NC(=O)C[NH+]1CCN(C(=O)c2cc(C(C)=O)c[nH]2)CC1. The van der Waals surface area contributed by atoms with Crippen LogP contribution < -0.4 is 10.2 Å². The van der Waals surface area contributed by atoms with E-state index in [-0.39, 0.29) is 17.6 Å². The van der Waals surface area contributed by atoms with Crippen LogP contribution in [0.4, 0.5) is 5.69 Å². The highest BCUT2D eigenvalue weighted by atomic mass is 16.2. The number of Topliss-reactive ketones (excluding diaryl/α,β-unsaturated/α-hetero) is 1. The second-order valence-electron chi connectivity index (χ2n) is 7.14. The van der Waals surface area contributed by atoms with Crippen LogP contribution in [0.25, 0.3) is 0 Å². The first-order valence-electron chi connectivity index (χ1n) is 9.68. The number of para-hydroxylation sites is 1. The summed E-state index contributed by atoms with van der Waals surface area (Å²) in [5, 5.41) is 3.00. The number of quaternary nitrogens is 1. The van der Waals surface area contributed by atoms with Gasteiger partial charge in [-0.15, -0.1) is 0 Å². The predicted molar refractivity (Wildman–Crippen MR) is 107 cm³/mol. The molecule has 148 valence electrons. The Labute approximate surface area is 164 Å². The molecule has 3 rings (SSSR count). The molecule has 28 heavy (non-hydrogen) atoms. The van der Waals surface area contributed by atoms with Crippen LogP contribution >= 0.6 is 0 Å². The van der Waals surface area contributed by atoms with Gasteiger partial charge in [0.2, 0.25) is 0 Å². The van der Waals surface area contributed by atoms with Gasteiger partial charge in [-0.25, -0.2) is 0 Å². The van der Waals surface area contributed by atoms with E-state index >= 15 is 0 Å². The van der Waals surface area contributed by atoms with Crippen LogP contribution in [0.2, 0.25) is 0 Å². The van der Waals surface area contributed by atoms with E-state index in [1.807, 2.05) is 24.3 Å². The molecule has 3 N–H and O–H groups in total. The molecule has 1 aliphatic heterocycles. The van der Waals surface area contributed by atoms with Crippen LogP contribution in [-0.4, -0.2) is 60.2 Å². The number of hydrogen-bond donors (Lipinski definition) is 3. The third-order valence-corrected chi connectivity index (χ3v) is 5.16. The standard InChI is InChI=1S/C21H26N4O3/c1-3-16-6-4-5-7-18(16)23-20(27)14-24-8-10-25(11-9-24)21(28)19-12-17(13-22-19)15(2)26/h4-7,12-13,22H,3,8-11,14H2,1-2H3,(H,23,27)/p+1. The summed E-state index contributed by atoms with van der Waals surface area (Å²) in [5.41, 5.74) is 2.94. The lowest BCUT2D eigenvalue weighted by atomic mass is 10.1. The number of piperazine rings is 1. The molecule has 0 radical (unpaired) electrons. The van der Waals surface area contributed by atoms with E-state index in [2.05, 4.69) is 17.2 Å². The monoisotopic (exact) mass is 383 g/mol. The average Bonchev–Trinajstić information content (AvgIpc) is 3.19. The van der Waals surface area contributed by atoms with Gasteiger partial charge in [-0.1, -0.05) is 25.1 Å². The van der Waals surface area contributed by atoms with E-state index in [4.69, 9.17) is 0 Å². The number of aryl methyl sites for hydroxylation is 1. The smallest absolute Gasteiger partial charge is 0.279 e. The molecule has 2 aromatic rings. The Balaban J connectivity index is 1.50. The summed E-state index contributed by atoms with van der Waals surface area (Å²) in [7, 11) is 0. The number of anilines is 1. The Morgan fingerprint density at radius 2 is 1.89 bits per heavy atom. The van der Waals surface area contributed by atoms with Gasteiger partial charge in [0, 0.05) is 17.4 Å². The Morgan fingerprint density at radius 1 is 1.18 bits per heavy atom. The maximum Gasteiger partial charge on any atom is 0.279 e. The largest absolute Gasteiger partial charge is 0.356 e. The van der Waals surface area contributed by atoms with Crippen LogP contribution in [0.1, 0.15) is 40.3 Å². The number of ketones is 1. The quantitative estimate of drug-likeness (QED) is 0.644. The van der Waals surface area contributed by atoms with Crippen molar-refractivity contribution in [2.24, 2.45) is 0 Å². The fourth-order valence-electron chi connectivity index (χ4n) is 3.47. The fourth-order valence-corrected chi connectivity index (χ4v) is 3.47. The number of H-pyrrole nitrogens is 1. The topological polar surface area (TPSA) is 86.7 Å². The van der Waals surface area contributed by atoms with Crippen LogP contribution in [0.15, 0.2) is 36.5 Å². The highest BCUT2D eigenvalue weighted by Gasteiger charge is 2.27. The molecular formula is C21H27N4O3+. The molecule has 7 nitrogen and oxygen atoms in total. The van der Waals surface area contributed by atoms with E-state index in [0.717, 1.165) is 35.7 Å². The van der Waals surface area contributed by atoms with Crippen molar-refractivity contribution in [2.45, 2.75) is 20.3 Å². The molecule has 2 heterocycles. The summed E-state index contributed by atoms with van der Waals surface area (Å²) < 4.78 is 0. The minimum atomic E-state index is -0.104. The van der Waals surface area contributed by atoms with E-state index < -0.39 is 0 Å². The number of aromatic nitrogens is 1. The van der Waals surface area contributed by atoms with Crippen molar-refractivity contribution in [3.8, 4) is 0 Å². The first kappa shape index (κ1) is 19.8. The molecule has 0 bridgehead atoms. The summed E-state index contributed by atoms with van der Waals surface area (Å²) in [6, 6.07) is 9.44. The van der Waals surface area contributed by atoms with Gasteiger partial charge in [-0.3, -0.25) is 14.4 Å². The zero-order valence-electron chi connectivity index (χ0n) is 16.4. The number of rotatable bonds is 6. The molecule has 1 fully saturated rings. The minimum absolute atomic E-state index is 0.00820. The van der Waals surface area contributed by atoms with Gasteiger partial charge in [-0.05, 0) is 31.0 Å². The summed E-state index contributed by atoms with van der Waals surface area (Å²) in [4.78, 5) is 42.2. The average molecular weight is 383 g/mol. The lowest BCUT2D eigenvalue weighted by molar-refractivity contribution is -0.895. The molecule has 1 aromatic carbocycles. The van der Waals surface area contributed by atoms with Gasteiger partial charge >= 0.3 is 0 Å². The van der Waals surface area contributed by atoms with Crippen LogP contribution in [0, 0.1) is 0 Å². The number of carbonyl (C=O) groups is 3. The number of hydrogen-bond acceptors (Lipinski definition) is 3. The zero-order valence-corrected chi connectivity index (χ0v) is 16.4. The van der Waals surface area contributed by atoms with Crippen molar-refractivity contribution in [3.05, 3.63) is 53.3 Å². The Morgan fingerprint density at radius 3 is 2.54 bits per heavy atom. The van der Waals surface area contributed by atoms with Crippen LogP contribution in [0.5, 0.6) is 0 Å². The number of benzene rings is 1. The van der Waals surface area contributed by atoms with E-state index in [0.29, 0.717) is 30.9 Å².